The zero-order valence-electron chi connectivity index (χ0n) is 24.9. The summed E-state index contributed by atoms with van der Waals surface area (Å²) in [5.74, 6) is -0.285. The normalized spacial score (nSPS) is 14.0. The molecular formula is C32H65NO4. The van der Waals surface area contributed by atoms with Crippen molar-refractivity contribution in [1.82, 2.24) is 5.32 Å². The van der Waals surface area contributed by atoms with Gasteiger partial charge in [0.2, 0.25) is 5.91 Å². The predicted molar refractivity (Wildman–Crippen MR) is 158 cm³/mol. The van der Waals surface area contributed by atoms with E-state index in [1.165, 1.54) is 116 Å². The summed E-state index contributed by atoms with van der Waals surface area (Å²) in [5, 5.41) is 33.0. The minimum absolute atomic E-state index is 0.0411. The third kappa shape index (κ3) is 25.4. The van der Waals surface area contributed by atoms with E-state index < -0.39 is 18.2 Å². The van der Waals surface area contributed by atoms with Crippen LogP contribution in [0.4, 0.5) is 0 Å². The molecule has 0 rings (SSSR count). The smallest absolute Gasteiger partial charge is 0.222 e. The van der Waals surface area contributed by atoms with Crippen molar-refractivity contribution in [3.8, 4) is 0 Å². The maximum atomic E-state index is 12.3. The second-order valence-electron chi connectivity index (χ2n) is 11.4. The van der Waals surface area contributed by atoms with Gasteiger partial charge in [-0.25, -0.2) is 0 Å². The Bertz CT molecular complexity index is 474. The summed E-state index contributed by atoms with van der Waals surface area (Å²) < 4.78 is 0. The van der Waals surface area contributed by atoms with E-state index in [0.29, 0.717) is 12.8 Å². The summed E-state index contributed by atoms with van der Waals surface area (Å²) in [7, 11) is 0. The molecule has 5 nitrogen and oxygen atoms in total. The molecule has 37 heavy (non-hydrogen) atoms. The second-order valence-corrected chi connectivity index (χ2v) is 11.4. The summed E-state index contributed by atoms with van der Waals surface area (Å²) in [6, 6.07) is -0.648. The minimum Gasteiger partial charge on any atom is -0.394 e. The molecule has 0 heterocycles. The van der Waals surface area contributed by atoms with Crippen molar-refractivity contribution in [2.45, 2.75) is 193 Å². The van der Waals surface area contributed by atoms with E-state index in [4.69, 9.17) is 0 Å². The fraction of sp³-hybridized carbons (Fsp3) is 0.969. The SMILES string of the molecule is CCCCCCCCCCCCCC(O)CC(=O)NC(CO)C(O)CCCCCCCCCCCCC. The average Bonchev–Trinajstić information content (AvgIpc) is 2.88. The monoisotopic (exact) mass is 527 g/mol. The molecule has 4 N–H and O–H groups in total. The molecule has 222 valence electrons. The standard InChI is InChI=1S/C32H65NO4/c1-3-5-7-9-11-13-15-17-19-21-23-25-29(35)27-32(37)33-30(28-34)31(36)26-24-22-20-18-16-14-12-10-8-6-4-2/h29-31,34-36H,3-28H2,1-2H3,(H,33,37). The molecule has 5 heteroatoms. The molecule has 0 spiro atoms. The Morgan fingerprint density at radius 3 is 1.30 bits per heavy atom. The van der Waals surface area contributed by atoms with Gasteiger partial charge in [-0.15, -0.1) is 0 Å². The number of aliphatic hydroxyl groups is 3. The third-order valence-corrected chi connectivity index (χ3v) is 7.67. The first-order valence-electron chi connectivity index (χ1n) is 16.3. The summed E-state index contributed by atoms with van der Waals surface area (Å²) >= 11 is 0. The van der Waals surface area contributed by atoms with Crippen LogP contribution in [0.15, 0.2) is 0 Å². The van der Waals surface area contributed by atoms with Gasteiger partial charge < -0.3 is 20.6 Å². The maximum absolute atomic E-state index is 12.3. The molecule has 0 aliphatic carbocycles. The van der Waals surface area contributed by atoms with E-state index in [0.717, 1.165) is 25.7 Å². The lowest BCUT2D eigenvalue weighted by atomic mass is 10.0. The molecule has 0 aromatic heterocycles. The molecule has 0 radical (unpaired) electrons. The van der Waals surface area contributed by atoms with Gasteiger partial charge in [0.05, 0.1) is 31.3 Å². The van der Waals surface area contributed by atoms with Crippen molar-refractivity contribution in [2.24, 2.45) is 0 Å². The summed E-state index contributed by atoms with van der Waals surface area (Å²) in [4.78, 5) is 12.3. The van der Waals surface area contributed by atoms with Crippen LogP contribution in [-0.4, -0.2) is 46.1 Å². The van der Waals surface area contributed by atoms with Gasteiger partial charge in [-0.3, -0.25) is 4.79 Å². The number of unbranched alkanes of at least 4 members (excludes halogenated alkanes) is 20. The van der Waals surface area contributed by atoms with Crippen molar-refractivity contribution < 1.29 is 20.1 Å². The molecule has 0 aliphatic rings. The Morgan fingerprint density at radius 1 is 0.568 bits per heavy atom. The highest BCUT2D eigenvalue weighted by molar-refractivity contribution is 5.76. The number of nitrogens with one attached hydrogen (secondary N) is 1. The van der Waals surface area contributed by atoms with E-state index in [1.54, 1.807) is 0 Å². The molecule has 0 bridgehead atoms. The highest BCUT2D eigenvalue weighted by Crippen LogP contribution is 2.15. The Hall–Kier alpha value is -0.650. The van der Waals surface area contributed by atoms with E-state index in [2.05, 4.69) is 19.2 Å². The van der Waals surface area contributed by atoms with Gasteiger partial charge in [0, 0.05) is 0 Å². The van der Waals surface area contributed by atoms with E-state index in [1.807, 2.05) is 0 Å². The van der Waals surface area contributed by atoms with Gasteiger partial charge >= 0.3 is 0 Å². The topological polar surface area (TPSA) is 89.8 Å². The van der Waals surface area contributed by atoms with Crippen molar-refractivity contribution in [3.05, 3.63) is 0 Å². The van der Waals surface area contributed by atoms with Gasteiger partial charge in [0.25, 0.3) is 0 Å². The zero-order valence-corrected chi connectivity index (χ0v) is 24.9. The number of carbonyl (C=O) groups excluding carboxylic acids is 1. The number of rotatable bonds is 29. The summed E-state index contributed by atoms with van der Waals surface area (Å²) in [5.41, 5.74) is 0. The van der Waals surface area contributed by atoms with Crippen LogP contribution in [0.1, 0.15) is 174 Å². The lowest BCUT2D eigenvalue weighted by molar-refractivity contribution is -0.125. The average molecular weight is 528 g/mol. The van der Waals surface area contributed by atoms with Gasteiger partial charge in [-0.1, -0.05) is 155 Å². The van der Waals surface area contributed by atoms with Crippen LogP contribution in [0.25, 0.3) is 0 Å². The van der Waals surface area contributed by atoms with E-state index in [-0.39, 0.29) is 18.9 Å². The van der Waals surface area contributed by atoms with Crippen molar-refractivity contribution in [1.29, 1.82) is 0 Å². The molecule has 0 saturated carbocycles. The molecule has 3 unspecified atom stereocenters. The Kier molecular flexibility index (Phi) is 27.9. The molecular weight excluding hydrogens is 462 g/mol. The molecule has 0 aliphatic heterocycles. The van der Waals surface area contributed by atoms with Crippen LogP contribution < -0.4 is 5.32 Å². The van der Waals surface area contributed by atoms with E-state index in [9.17, 15) is 20.1 Å². The first-order chi connectivity index (χ1) is 18.0. The lowest BCUT2D eigenvalue weighted by Gasteiger charge is -2.23. The minimum atomic E-state index is -0.740. The number of amides is 1. The van der Waals surface area contributed by atoms with Gasteiger partial charge in [0.15, 0.2) is 0 Å². The highest BCUT2D eigenvalue weighted by atomic mass is 16.3. The van der Waals surface area contributed by atoms with Gasteiger partial charge in [0.1, 0.15) is 0 Å². The third-order valence-electron chi connectivity index (χ3n) is 7.67. The molecule has 0 aromatic rings. The molecule has 0 fully saturated rings. The zero-order chi connectivity index (χ0) is 27.4. The van der Waals surface area contributed by atoms with Crippen LogP contribution >= 0.6 is 0 Å². The van der Waals surface area contributed by atoms with Crippen molar-refractivity contribution >= 4 is 5.91 Å². The Labute approximate surface area is 230 Å². The number of hydrogen-bond acceptors (Lipinski definition) is 4. The summed E-state index contributed by atoms with van der Waals surface area (Å²) in [6.45, 7) is 4.22. The largest absolute Gasteiger partial charge is 0.394 e. The predicted octanol–water partition coefficient (Wildman–Crippen LogP) is 7.98. The maximum Gasteiger partial charge on any atom is 0.222 e. The Morgan fingerprint density at radius 2 is 0.919 bits per heavy atom. The Balaban J connectivity index is 3.71. The van der Waals surface area contributed by atoms with Crippen molar-refractivity contribution in [3.63, 3.8) is 0 Å². The second kappa shape index (κ2) is 28.4. The van der Waals surface area contributed by atoms with Crippen LogP contribution in [-0.2, 0) is 4.79 Å². The fourth-order valence-corrected chi connectivity index (χ4v) is 5.11. The molecule has 0 aromatic carbocycles. The first-order valence-corrected chi connectivity index (χ1v) is 16.3. The summed E-state index contributed by atoms with van der Waals surface area (Å²) in [6.07, 6.45) is 27.6. The molecule has 1 amide bonds. The quantitative estimate of drug-likeness (QED) is 0.0742. The number of carbonyl (C=O) groups is 1. The van der Waals surface area contributed by atoms with Crippen molar-refractivity contribution in [2.75, 3.05) is 6.61 Å². The van der Waals surface area contributed by atoms with E-state index >= 15 is 0 Å². The first kappa shape index (κ1) is 36.4. The van der Waals surface area contributed by atoms with Crippen LogP contribution in [0.2, 0.25) is 0 Å². The highest BCUT2D eigenvalue weighted by Gasteiger charge is 2.21. The molecule has 0 saturated heterocycles. The van der Waals surface area contributed by atoms with Crippen LogP contribution in [0.5, 0.6) is 0 Å². The number of aliphatic hydroxyl groups excluding tert-OH is 3. The molecule has 3 atom stereocenters. The van der Waals surface area contributed by atoms with Gasteiger partial charge in [-0.05, 0) is 12.8 Å². The van der Waals surface area contributed by atoms with Gasteiger partial charge in [-0.2, -0.15) is 0 Å². The number of hydrogen-bond donors (Lipinski definition) is 4. The van der Waals surface area contributed by atoms with Crippen LogP contribution in [0.3, 0.4) is 0 Å². The lowest BCUT2D eigenvalue weighted by Crippen LogP contribution is -2.46. The van der Waals surface area contributed by atoms with Crippen LogP contribution in [0, 0.1) is 0 Å². The fourth-order valence-electron chi connectivity index (χ4n) is 5.11.